The van der Waals surface area contributed by atoms with Gasteiger partial charge in [-0.15, -0.1) is 0 Å². The lowest BCUT2D eigenvalue weighted by Gasteiger charge is -2.04. The fourth-order valence-electron chi connectivity index (χ4n) is 1.82. The first-order valence-electron chi connectivity index (χ1n) is 6.32. The second-order valence-corrected chi connectivity index (χ2v) is 7.79. The Bertz CT molecular complexity index is 757. The first-order chi connectivity index (χ1) is 9.84. The molecule has 2 N–H and O–H groups in total. The molecule has 0 saturated carbocycles. The second kappa shape index (κ2) is 6.25. The molecule has 0 bridgehead atoms. The number of hydrogen-bond acceptors (Lipinski definition) is 4. The molecule has 0 atom stereocenters. The van der Waals surface area contributed by atoms with Crippen molar-refractivity contribution in [2.75, 3.05) is 17.2 Å². The summed E-state index contributed by atoms with van der Waals surface area (Å²) in [5, 5.41) is 5.09. The number of aromatic nitrogens is 2. The summed E-state index contributed by atoms with van der Waals surface area (Å²) < 4.78 is 24.6. The molecule has 2 aromatic rings. The molecule has 1 aromatic heterocycles. The fraction of sp³-hybridized carbons (Fsp3) is 0.308. The summed E-state index contributed by atoms with van der Waals surface area (Å²) in [4.78, 5) is 0. The van der Waals surface area contributed by atoms with Crippen molar-refractivity contribution in [2.45, 2.75) is 13.5 Å². The molecule has 0 spiro atoms. The molecule has 0 radical (unpaired) electrons. The molecule has 0 fully saturated rings. The predicted octanol–water partition coefficient (Wildman–Crippen LogP) is 2.87. The van der Waals surface area contributed by atoms with Gasteiger partial charge in [0.05, 0.1) is 28.0 Å². The number of nitrogens with zero attached hydrogens (tertiary/aromatic N) is 2. The molecule has 1 heterocycles. The van der Waals surface area contributed by atoms with Gasteiger partial charge in [0.15, 0.2) is 9.84 Å². The van der Waals surface area contributed by atoms with Gasteiger partial charge in [-0.3, -0.25) is 4.68 Å². The quantitative estimate of drug-likeness (QED) is 0.901. The van der Waals surface area contributed by atoms with Crippen LogP contribution in [0, 0.1) is 0 Å². The molecule has 0 aliphatic heterocycles. The van der Waals surface area contributed by atoms with Gasteiger partial charge in [0.25, 0.3) is 0 Å². The molecule has 0 amide bonds. The second-order valence-electron chi connectivity index (χ2n) is 4.53. The summed E-state index contributed by atoms with van der Waals surface area (Å²) in [6.07, 6.45) is 1.59. The minimum absolute atomic E-state index is 0.0212. The lowest BCUT2D eigenvalue weighted by atomic mass is 10.1. The van der Waals surface area contributed by atoms with Gasteiger partial charge in [-0.1, -0.05) is 42.3 Å². The Hall–Kier alpha value is -1.24. The molecule has 0 unspecified atom stereocenters. The number of rotatable bonds is 5. The van der Waals surface area contributed by atoms with Gasteiger partial charge >= 0.3 is 0 Å². The van der Waals surface area contributed by atoms with Crippen molar-refractivity contribution in [3.63, 3.8) is 0 Å². The molecular formula is C13H15Cl2N3O2S. The highest BCUT2D eigenvalue weighted by Crippen LogP contribution is 2.35. The van der Waals surface area contributed by atoms with Gasteiger partial charge in [-0.05, 0) is 6.07 Å². The van der Waals surface area contributed by atoms with E-state index in [4.69, 9.17) is 28.9 Å². The van der Waals surface area contributed by atoms with E-state index in [0.717, 1.165) is 0 Å². The van der Waals surface area contributed by atoms with Crippen LogP contribution in [0.25, 0.3) is 11.3 Å². The minimum atomic E-state index is -3.05. The number of halogens is 2. The van der Waals surface area contributed by atoms with E-state index in [-0.39, 0.29) is 18.1 Å². The van der Waals surface area contributed by atoms with E-state index in [0.29, 0.717) is 27.0 Å². The summed E-state index contributed by atoms with van der Waals surface area (Å²) >= 11 is 12.1. The molecule has 8 heteroatoms. The maximum atomic E-state index is 11.5. The van der Waals surface area contributed by atoms with Crippen molar-refractivity contribution < 1.29 is 8.42 Å². The van der Waals surface area contributed by atoms with Gasteiger partial charge in [0.1, 0.15) is 5.69 Å². The van der Waals surface area contributed by atoms with Crippen molar-refractivity contribution in [1.29, 1.82) is 0 Å². The highest BCUT2D eigenvalue weighted by atomic mass is 35.5. The Morgan fingerprint density at radius 3 is 2.71 bits per heavy atom. The van der Waals surface area contributed by atoms with E-state index in [1.54, 1.807) is 31.3 Å². The Morgan fingerprint density at radius 2 is 2.05 bits per heavy atom. The Kier molecular flexibility index (Phi) is 4.81. The smallest absolute Gasteiger partial charge is 0.151 e. The number of anilines is 1. The van der Waals surface area contributed by atoms with Crippen LogP contribution in [0.2, 0.25) is 10.0 Å². The summed E-state index contributed by atoms with van der Waals surface area (Å²) in [6, 6.07) is 5.19. The third kappa shape index (κ3) is 3.70. The van der Waals surface area contributed by atoms with E-state index < -0.39 is 9.84 Å². The van der Waals surface area contributed by atoms with Crippen LogP contribution in [0.15, 0.2) is 24.4 Å². The summed E-state index contributed by atoms with van der Waals surface area (Å²) in [5.41, 5.74) is 7.47. The van der Waals surface area contributed by atoms with E-state index in [2.05, 4.69) is 5.10 Å². The first kappa shape index (κ1) is 16.1. The van der Waals surface area contributed by atoms with Gasteiger partial charge < -0.3 is 5.73 Å². The maximum absolute atomic E-state index is 11.5. The molecule has 0 aliphatic rings. The van der Waals surface area contributed by atoms with Gasteiger partial charge in [-0.25, -0.2) is 8.42 Å². The summed E-state index contributed by atoms with van der Waals surface area (Å²) in [5.74, 6) is 0.129. The van der Waals surface area contributed by atoms with Gasteiger partial charge in [0, 0.05) is 17.5 Å². The lowest BCUT2D eigenvalue weighted by molar-refractivity contribution is 0.582. The van der Waals surface area contributed by atoms with Gasteiger partial charge in [0.2, 0.25) is 0 Å². The number of benzene rings is 1. The van der Waals surface area contributed by atoms with Gasteiger partial charge in [-0.2, -0.15) is 5.10 Å². The standard InChI is InChI=1S/C13H15Cl2N3O2S/c1-2-21(19,20)7-6-18-8-11(16)13(17-18)9-4-3-5-10(14)12(9)15/h3-5,8H,2,6-7,16H2,1H3. The van der Waals surface area contributed by atoms with Crippen molar-refractivity contribution in [3.05, 3.63) is 34.4 Å². The highest BCUT2D eigenvalue weighted by molar-refractivity contribution is 7.91. The van der Waals surface area contributed by atoms with Crippen molar-refractivity contribution in [1.82, 2.24) is 9.78 Å². The summed E-state index contributed by atoms with van der Waals surface area (Å²) in [7, 11) is -3.05. The Morgan fingerprint density at radius 1 is 1.33 bits per heavy atom. The largest absolute Gasteiger partial charge is 0.396 e. The van der Waals surface area contributed by atoms with Crippen LogP contribution in [-0.4, -0.2) is 29.7 Å². The highest BCUT2D eigenvalue weighted by Gasteiger charge is 2.15. The topological polar surface area (TPSA) is 78.0 Å². The van der Waals surface area contributed by atoms with Crippen LogP contribution < -0.4 is 5.73 Å². The predicted molar refractivity (Wildman–Crippen MR) is 86.4 cm³/mol. The van der Waals surface area contributed by atoms with Crippen LogP contribution in [-0.2, 0) is 16.4 Å². The van der Waals surface area contributed by atoms with Crippen molar-refractivity contribution in [3.8, 4) is 11.3 Å². The van der Waals surface area contributed by atoms with Crippen molar-refractivity contribution in [2.24, 2.45) is 0 Å². The average Bonchev–Trinajstić information content (AvgIpc) is 2.81. The van der Waals surface area contributed by atoms with E-state index in [1.165, 1.54) is 4.68 Å². The molecular weight excluding hydrogens is 333 g/mol. The van der Waals surface area contributed by atoms with E-state index in [9.17, 15) is 8.42 Å². The fourth-order valence-corrected chi connectivity index (χ4v) is 2.97. The molecule has 0 aliphatic carbocycles. The molecule has 1 aromatic carbocycles. The normalized spacial score (nSPS) is 11.8. The lowest BCUT2D eigenvalue weighted by Crippen LogP contribution is -2.14. The zero-order valence-corrected chi connectivity index (χ0v) is 13.7. The Labute approximate surface area is 133 Å². The molecule has 5 nitrogen and oxygen atoms in total. The third-order valence-corrected chi connectivity index (χ3v) is 5.57. The number of nitrogen functional groups attached to an aromatic ring is 1. The SMILES string of the molecule is CCS(=O)(=O)CCn1cc(N)c(-c2cccc(Cl)c2Cl)n1. The maximum Gasteiger partial charge on any atom is 0.151 e. The van der Waals surface area contributed by atoms with Crippen LogP contribution in [0.3, 0.4) is 0 Å². The first-order valence-corrected chi connectivity index (χ1v) is 8.89. The Balaban J connectivity index is 2.30. The van der Waals surface area contributed by atoms with Crippen LogP contribution >= 0.6 is 23.2 Å². The van der Waals surface area contributed by atoms with Crippen LogP contribution in [0.5, 0.6) is 0 Å². The summed E-state index contributed by atoms with van der Waals surface area (Å²) in [6.45, 7) is 1.86. The third-order valence-electron chi connectivity index (χ3n) is 3.07. The van der Waals surface area contributed by atoms with Crippen LogP contribution in [0.1, 0.15) is 6.92 Å². The van der Waals surface area contributed by atoms with Crippen LogP contribution in [0.4, 0.5) is 5.69 Å². The van der Waals surface area contributed by atoms with E-state index in [1.807, 2.05) is 0 Å². The number of sulfone groups is 1. The zero-order chi connectivity index (χ0) is 15.6. The number of hydrogen-bond donors (Lipinski definition) is 1. The molecule has 2 rings (SSSR count). The minimum Gasteiger partial charge on any atom is -0.396 e. The molecule has 0 saturated heterocycles. The van der Waals surface area contributed by atoms with E-state index >= 15 is 0 Å². The van der Waals surface area contributed by atoms with Crippen molar-refractivity contribution >= 4 is 38.7 Å². The molecule has 114 valence electrons. The average molecular weight is 348 g/mol. The zero-order valence-electron chi connectivity index (χ0n) is 11.4. The molecule has 21 heavy (non-hydrogen) atoms. The number of aryl methyl sites for hydroxylation is 1. The number of nitrogens with two attached hydrogens (primary N) is 1. The monoisotopic (exact) mass is 347 g/mol.